The standard InChI is InChI=1S/C13H18O5.C2H6/c1-5-17-8-6-9(10(14)7-8)11(15)12(16)18-13(2,3)4;1-2/h7,9H,5-6H2,1-4H3;1-2H3. The van der Waals surface area contributed by atoms with E-state index in [2.05, 4.69) is 0 Å². The van der Waals surface area contributed by atoms with E-state index in [0.717, 1.165) is 0 Å². The first-order chi connectivity index (χ1) is 9.24. The van der Waals surface area contributed by atoms with Gasteiger partial charge >= 0.3 is 5.97 Å². The summed E-state index contributed by atoms with van der Waals surface area (Å²) in [4.78, 5) is 35.0. The van der Waals surface area contributed by atoms with Gasteiger partial charge in [0.05, 0.1) is 12.5 Å². The molecule has 1 rings (SSSR count). The molecule has 1 aliphatic rings. The van der Waals surface area contributed by atoms with Crippen LogP contribution in [-0.2, 0) is 23.9 Å². The lowest BCUT2D eigenvalue weighted by Crippen LogP contribution is -2.34. The van der Waals surface area contributed by atoms with Gasteiger partial charge < -0.3 is 9.47 Å². The van der Waals surface area contributed by atoms with Gasteiger partial charge in [0.15, 0.2) is 5.78 Å². The number of ether oxygens (including phenoxy) is 2. The Balaban J connectivity index is 0.00000172. The summed E-state index contributed by atoms with van der Waals surface area (Å²) in [6, 6.07) is 0. The maximum absolute atomic E-state index is 11.8. The van der Waals surface area contributed by atoms with Gasteiger partial charge in [-0.25, -0.2) is 4.79 Å². The van der Waals surface area contributed by atoms with E-state index in [4.69, 9.17) is 9.47 Å². The molecule has 114 valence electrons. The lowest BCUT2D eigenvalue weighted by Gasteiger charge is -2.19. The Hall–Kier alpha value is -1.65. The first kappa shape index (κ1) is 18.4. The van der Waals surface area contributed by atoms with Crippen molar-refractivity contribution < 1.29 is 23.9 Å². The summed E-state index contributed by atoms with van der Waals surface area (Å²) in [6.07, 6.45) is 1.42. The van der Waals surface area contributed by atoms with Crippen molar-refractivity contribution in [2.75, 3.05) is 6.61 Å². The SMILES string of the molecule is CC.CCOC1=CC(=O)C(C(=O)C(=O)OC(C)(C)C)C1. The number of hydrogen-bond donors (Lipinski definition) is 0. The summed E-state index contributed by atoms with van der Waals surface area (Å²) in [5.41, 5.74) is -0.745. The van der Waals surface area contributed by atoms with Crippen molar-refractivity contribution in [1.29, 1.82) is 0 Å². The van der Waals surface area contributed by atoms with Crippen molar-refractivity contribution in [3.63, 3.8) is 0 Å². The van der Waals surface area contributed by atoms with E-state index in [1.165, 1.54) is 6.08 Å². The maximum atomic E-state index is 11.8. The second kappa shape index (κ2) is 7.82. The average Bonchev–Trinajstić information content (AvgIpc) is 2.70. The highest BCUT2D eigenvalue weighted by molar-refractivity contribution is 6.39. The molecular weight excluding hydrogens is 260 g/mol. The second-order valence-electron chi connectivity index (χ2n) is 5.07. The highest BCUT2D eigenvalue weighted by Gasteiger charge is 2.38. The number of hydrogen-bond acceptors (Lipinski definition) is 5. The lowest BCUT2D eigenvalue weighted by molar-refractivity contribution is -0.164. The van der Waals surface area contributed by atoms with E-state index in [1.807, 2.05) is 13.8 Å². The van der Waals surface area contributed by atoms with Crippen LogP contribution in [0.5, 0.6) is 0 Å². The first-order valence-electron chi connectivity index (χ1n) is 6.89. The van der Waals surface area contributed by atoms with Gasteiger partial charge in [0.25, 0.3) is 5.78 Å². The molecule has 0 aliphatic heterocycles. The Labute approximate surface area is 120 Å². The van der Waals surface area contributed by atoms with E-state index in [1.54, 1.807) is 27.7 Å². The summed E-state index contributed by atoms with van der Waals surface area (Å²) in [6.45, 7) is 11.2. The Kier molecular flexibility index (Phi) is 7.18. The Morgan fingerprint density at radius 2 is 1.85 bits per heavy atom. The van der Waals surface area contributed by atoms with E-state index in [-0.39, 0.29) is 6.42 Å². The molecule has 0 amide bonds. The average molecular weight is 284 g/mol. The van der Waals surface area contributed by atoms with Gasteiger partial charge in [0.1, 0.15) is 11.4 Å². The molecule has 1 atom stereocenters. The fourth-order valence-corrected chi connectivity index (χ4v) is 1.60. The van der Waals surface area contributed by atoms with Gasteiger partial charge in [0.2, 0.25) is 0 Å². The van der Waals surface area contributed by atoms with Crippen LogP contribution in [0.15, 0.2) is 11.8 Å². The van der Waals surface area contributed by atoms with Gasteiger partial charge in [-0.05, 0) is 27.7 Å². The zero-order valence-corrected chi connectivity index (χ0v) is 13.1. The third-order valence-corrected chi connectivity index (χ3v) is 2.30. The molecule has 0 N–H and O–H groups in total. The Morgan fingerprint density at radius 1 is 1.30 bits per heavy atom. The van der Waals surface area contributed by atoms with Crippen LogP contribution in [0.1, 0.15) is 48.0 Å². The predicted octanol–water partition coefficient (Wildman–Crippen LogP) is 2.43. The molecule has 0 aromatic carbocycles. The van der Waals surface area contributed by atoms with E-state index < -0.39 is 29.1 Å². The van der Waals surface area contributed by atoms with Crippen LogP contribution in [0.4, 0.5) is 0 Å². The number of carbonyl (C=O) groups excluding carboxylic acids is 3. The van der Waals surface area contributed by atoms with E-state index >= 15 is 0 Å². The molecule has 1 aliphatic carbocycles. The van der Waals surface area contributed by atoms with Gasteiger partial charge in [-0.15, -0.1) is 0 Å². The molecule has 5 nitrogen and oxygen atoms in total. The summed E-state index contributed by atoms with van der Waals surface area (Å²) in [5.74, 6) is -2.70. The molecule has 0 heterocycles. The maximum Gasteiger partial charge on any atom is 0.375 e. The Morgan fingerprint density at radius 3 is 2.30 bits per heavy atom. The van der Waals surface area contributed by atoms with Crippen molar-refractivity contribution in [2.45, 2.75) is 53.6 Å². The monoisotopic (exact) mass is 284 g/mol. The van der Waals surface area contributed by atoms with Crippen molar-refractivity contribution in [3.8, 4) is 0 Å². The molecular formula is C15H24O5. The predicted molar refractivity (Wildman–Crippen MR) is 75.0 cm³/mol. The van der Waals surface area contributed by atoms with Crippen LogP contribution >= 0.6 is 0 Å². The Bertz CT molecular complexity index is 401. The highest BCUT2D eigenvalue weighted by Crippen LogP contribution is 2.24. The number of Topliss-reactive ketones (excluding diaryl/α,β-unsaturated/α-hetero) is 1. The lowest BCUT2D eigenvalue weighted by atomic mass is 10.0. The molecule has 1 unspecified atom stereocenters. The second-order valence-corrected chi connectivity index (χ2v) is 5.07. The third-order valence-electron chi connectivity index (χ3n) is 2.30. The largest absolute Gasteiger partial charge is 0.498 e. The molecule has 20 heavy (non-hydrogen) atoms. The van der Waals surface area contributed by atoms with Gasteiger partial charge in [-0.1, -0.05) is 13.8 Å². The van der Waals surface area contributed by atoms with Crippen molar-refractivity contribution in [3.05, 3.63) is 11.8 Å². The highest BCUT2D eigenvalue weighted by atomic mass is 16.6. The number of rotatable bonds is 4. The molecule has 0 aromatic heterocycles. The minimum Gasteiger partial charge on any atom is -0.498 e. The fraction of sp³-hybridized carbons (Fsp3) is 0.667. The minimum absolute atomic E-state index is 0.144. The molecule has 0 saturated carbocycles. The summed E-state index contributed by atoms with van der Waals surface area (Å²) < 4.78 is 10.1. The normalized spacial score (nSPS) is 17.8. The van der Waals surface area contributed by atoms with E-state index in [0.29, 0.717) is 12.4 Å². The van der Waals surface area contributed by atoms with Crippen LogP contribution in [-0.4, -0.2) is 29.7 Å². The number of esters is 1. The molecule has 5 heteroatoms. The third kappa shape index (κ3) is 5.55. The summed E-state index contributed by atoms with van der Waals surface area (Å²) in [5, 5.41) is 0. The van der Waals surface area contributed by atoms with Crippen LogP contribution in [0.25, 0.3) is 0 Å². The number of allylic oxidation sites excluding steroid dienone is 2. The molecule has 0 radical (unpaired) electrons. The van der Waals surface area contributed by atoms with Crippen LogP contribution in [0, 0.1) is 5.92 Å². The van der Waals surface area contributed by atoms with Gasteiger partial charge in [-0.2, -0.15) is 0 Å². The minimum atomic E-state index is -0.985. The fourth-order valence-electron chi connectivity index (χ4n) is 1.60. The molecule has 0 spiro atoms. The number of ketones is 2. The molecule has 0 fully saturated rings. The van der Waals surface area contributed by atoms with Crippen LogP contribution in [0.3, 0.4) is 0 Å². The molecule has 0 aromatic rings. The first-order valence-corrected chi connectivity index (χ1v) is 6.89. The van der Waals surface area contributed by atoms with Crippen molar-refractivity contribution in [2.24, 2.45) is 5.92 Å². The quantitative estimate of drug-likeness (QED) is 0.450. The smallest absolute Gasteiger partial charge is 0.375 e. The van der Waals surface area contributed by atoms with Crippen LogP contribution < -0.4 is 0 Å². The van der Waals surface area contributed by atoms with E-state index in [9.17, 15) is 14.4 Å². The zero-order chi connectivity index (χ0) is 15.9. The van der Waals surface area contributed by atoms with Gasteiger partial charge in [0, 0.05) is 12.5 Å². The van der Waals surface area contributed by atoms with Gasteiger partial charge in [-0.3, -0.25) is 9.59 Å². The number of carbonyl (C=O) groups is 3. The van der Waals surface area contributed by atoms with Crippen molar-refractivity contribution in [1.82, 2.24) is 0 Å². The topological polar surface area (TPSA) is 69.7 Å². The summed E-state index contributed by atoms with van der Waals surface area (Å²) >= 11 is 0. The van der Waals surface area contributed by atoms with Crippen molar-refractivity contribution >= 4 is 17.5 Å². The van der Waals surface area contributed by atoms with Crippen LogP contribution in [0.2, 0.25) is 0 Å². The molecule has 0 saturated heterocycles. The summed E-state index contributed by atoms with van der Waals surface area (Å²) in [7, 11) is 0. The molecule has 0 bridgehead atoms. The zero-order valence-electron chi connectivity index (χ0n) is 13.1.